The van der Waals surface area contributed by atoms with Gasteiger partial charge in [0, 0.05) is 5.38 Å². The van der Waals surface area contributed by atoms with Gasteiger partial charge in [0.05, 0.1) is 5.02 Å². The van der Waals surface area contributed by atoms with Crippen LogP contribution < -0.4 is 4.74 Å². The first-order valence-electron chi connectivity index (χ1n) is 2.97. The molecule has 0 aliphatic rings. The molecular weight excluding hydrogens is 226 g/mol. The molecule has 0 fully saturated rings. The molecule has 1 heterocycles. The van der Waals surface area contributed by atoms with Crippen molar-refractivity contribution in [3.8, 4) is 5.75 Å². The molecule has 0 aromatic carbocycles. The van der Waals surface area contributed by atoms with Crippen LogP contribution in [0.25, 0.3) is 0 Å². The van der Waals surface area contributed by atoms with E-state index in [1.54, 1.807) is 0 Å². The van der Waals surface area contributed by atoms with E-state index in [4.69, 9.17) is 16.7 Å². The van der Waals surface area contributed by atoms with E-state index in [0.29, 0.717) is 0 Å². The van der Waals surface area contributed by atoms with Crippen molar-refractivity contribution in [3.05, 3.63) is 15.3 Å². The molecule has 0 aliphatic heterocycles. The minimum atomic E-state index is -3.08. The Kier molecular flexibility index (Phi) is 3.05. The molecule has 1 rings (SSSR count). The Hall–Kier alpha value is -0.880. The summed E-state index contributed by atoms with van der Waals surface area (Å²) in [5.41, 5.74) is 0. The van der Waals surface area contributed by atoms with Gasteiger partial charge in [-0.05, 0) is 0 Å². The zero-order valence-electron chi connectivity index (χ0n) is 5.96. The van der Waals surface area contributed by atoms with E-state index in [2.05, 4.69) is 4.74 Å². The van der Waals surface area contributed by atoms with Crippen molar-refractivity contribution in [3.63, 3.8) is 0 Å². The van der Waals surface area contributed by atoms with Crippen LogP contribution in [0, 0.1) is 0 Å². The molecule has 1 aromatic rings. The van der Waals surface area contributed by atoms with Gasteiger partial charge in [-0.3, -0.25) is 0 Å². The maximum absolute atomic E-state index is 11.8. The monoisotopic (exact) mass is 228 g/mol. The predicted molar refractivity (Wildman–Crippen MR) is 42.9 cm³/mol. The second-order valence-electron chi connectivity index (χ2n) is 1.93. The van der Waals surface area contributed by atoms with Crippen LogP contribution in [0.1, 0.15) is 9.67 Å². The lowest BCUT2D eigenvalue weighted by Crippen LogP contribution is -2.05. The second kappa shape index (κ2) is 3.89. The highest BCUT2D eigenvalue weighted by molar-refractivity contribution is 7.13. The van der Waals surface area contributed by atoms with E-state index in [9.17, 15) is 13.6 Å². The van der Waals surface area contributed by atoms with Crippen LogP contribution >= 0.6 is 22.9 Å². The summed E-state index contributed by atoms with van der Waals surface area (Å²) < 4.78 is 27.4. The van der Waals surface area contributed by atoms with Crippen LogP contribution in [0.2, 0.25) is 5.02 Å². The summed E-state index contributed by atoms with van der Waals surface area (Å²) in [6.45, 7) is -3.08. The van der Waals surface area contributed by atoms with Crippen molar-refractivity contribution >= 4 is 28.9 Å². The molecule has 0 amide bonds. The molecule has 0 saturated heterocycles. The average molecular weight is 229 g/mol. The van der Waals surface area contributed by atoms with Crippen molar-refractivity contribution in [2.45, 2.75) is 6.61 Å². The number of hydrogen-bond donors (Lipinski definition) is 1. The zero-order chi connectivity index (χ0) is 10.0. The fourth-order valence-electron chi connectivity index (χ4n) is 0.673. The maximum Gasteiger partial charge on any atom is 0.387 e. The maximum atomic E-state index is 11.8. The molecule has 0 spiro atoms. The number of carboxylic acids is 1. The molecule has 3 nitrogen and oxygen atoms in total. The van der Waals surface area contributed by atoms with Crippen LogP contribution in [0.3, 0.4) is 0 Å². The predicted octanol–water partition coefficient (Wildman–Crippen LogP) is 2.70. The number of hydrogen-bond acceptors (Lipinski definition) is 3. The highest BCUT2D eigenvalue weighted by Gasteiger charge is 2.20. The summed E-state index contributed by atoms with van der Waals surface area (Å²) in [5.74, 6) is -1.82. The van der Waals surface area contributed by atoms with Gasteiger partial charge in [0.1, 0.15) is 0 Å². The molecule has 1 aromatic heterocycles. The fourth-order valence-corrected chi connectivity index (χ4v) is 1.70. The van der Waals surface area contributed by atoms with Gasteiger partial charge < -0.3 is 9.84 Å². The van der Waals surface area contributed by atoms with Crippen molar-refractivity contribution in [1.82, 2.24) is 0 Å². The van der Waals surface area contributed by atoms with Gasteiger partial charge in [0.2, 0.25) is 0 Å². The normalized spacial score (nSPS) is 10.5. The van der Waals surface area contributed by atoms with E-state index in [-0.39, 0.29) is 9.90 Å². The Labute approximate surface area is 80.5 Å². The summed E-state index contributed by atoms with van der Waals surface area (Å²) in [7, 11) is 0. The standard InChI is InChI=1S/C6H3ClF2O3S/c7-2-1-13-4(5(10)11)3(2)12-6(8)9/h1,6H,(H,10,11). The summed E-state index contributed by atoms with van der Waals surface area (Å²) in [6.07, 6.45) is 0. The molecule has 0 saturated carbocycles. The zero-order valence-corrected chi connectivity index (χ0v) is 7.53. The van der Waals surface area contributed by atoms with Crippen molar-refractivity contribution < 1.29 is 23.4 Å². The SMILES string of the molecule is O=C(O)c1scc(Cl)c1OC(F)F. The first kappa shape index (κ1) is 10.2. The summed E-state index contributed by atoms with van der Waals surface area (Å²) in [5, 5.41) is 9.62. The van der Waals surface area contributed by atoms with E-state index < -0.39 is 18.3 Å². The Bertz CT molecular complexity index is 326. The molecule has 0 unspecified atom stereocenters. The first-order valence-corrected chi connectivity index (χ1v) is 4.23. The van der Waals surface area contributed by atoms with Gasteiger partial charge in [-0.2, -0.15) is 8.78 Å². The van der Waals surface area contributed by atoms with Crippen molar-refractivity contribution in [2.75, 3.05) is 0 Å². The average Bonchev–Trinajstić information content (AvgIpc) is 2.32. The van der Waals surface area contributed by atoms with Crippen molar-refractivity contribution in [2.24, 2.45) is 0 Å². The Morgan fingerprint density at radius 3 is 2.77 bits per heavy atom. The number of aromatic carboxylic acids is 1. The first-order chi connectivity index (χ1) is 6.02. The topological polar surface area (TPSA) is 46.5 Å². The summed E-state index contributed by atoms with van der Waals surface area (Å²) >= 11 is 6.16. The van der Waals surface area contributed by atoms with E-state index in [1.807, 2.05) is 0 Å². The highest BCUT2D eigenvalue weighted by Crippen LogP contribution is 2.35. The number of ether oxygens (including phenoxy) is 1. The van der Waals surface area contributed by atoms with Gasteiger partial charge in [0.15, 0.2) is 10.6 Å². The van der Waals surface area contributed by atoms with Crippen LogP contribution in [-0.2, 0) is 0 Å². The molecular formula is C6H3ClF2O3S. The molecule has 1 N–H and O–H groups in total. The van der Waals surface area contributed by atoms with E-state index in [0.717, 1.165) is 11.3 Å². The van der Waals surface area contributed by atoms with Gasteiger partial charge in [-0.15, -0.1) is 11.3 Å². The summed E-state index contributed by atoms with van der Waals surface area (Å²) in [4.78, 5) is 10.1. The number of alkyl halides is 2. The number of rotatable bonds is 3. The number of carboxylic acid groups (broad SMARTS) is 1. The number of carbonyl (C=O) groups is 1. The third kappa shape index (κ3) is 2.28. The van der Waals surface area contributed by atoms with Gasteiger partial charge in [0.25, 0.3) is 0 Å². The smallest absolute Gasteiger partial charge is 0.387 e. The molecule has 0 atom stereocenters. The van der Waals surface area contributed by atoms with Gasteiger partial charge >= 0.3 is 12.6 Å². The molecule has 0 radical (unpaired) electrons. The van der Waals surface area contributed by atoms with Crippen LogP contribution in [0.5, 0.6) is 5.75 Å². The lowest BCUT2D eigenvalue weighted by molar-refractivity contribution is -0.0499. The lowest BCUT2D eigenvalue weighted by Gasteiger charge is -2.03. The minimum absolute atomic E-state index is 0.122. The third-order valence-corrected chi connectivity index (χ3v) is 2.46. The molecule has 72 valence electrons. The molecule has 0 bridgehead atoms. The Morgan fingerprint density at radius 1 is 1.69 bits per heavy atom. The summed E-state index contributed by atoms with van der Waals surface area (Å²) in [6, 6.07) is 0. The van der Waals surface area contributed by atoms with Gasteiger partial charge in [-0.1, -0.05) is 11.6 Å². The van der Waals surface area contributed by atoms with E-state index in [1.165, 1.54) is 5.38 Å². The second-order valence-corrected chi connectivity index (χ2v) is 3.21. The molecule has 0 aliphatic carbocycles. The Balaban J connectivity index is 3.01. The fraction of sp³-hybridized carbons (Fsp3) is 0.167. The van der Waals surface area contributed by atoms with Crippen LogP contribution in [0.15, 0.2) is 5.38 Å². The largest absolute Gasteiger partial charge is 0.477 e. The number of thiophene rings is 1. The number of halogens is 3. The van der Waals surface area contributed by atoms with E-state index >= 15 is 0 Å². The third-order valence-electron chi connectivity index (χ3n) is 1.10. The van der Waals surface area contributed by atoms with Crippen LogP contribution in [-0.4, -0.2) is 17.7 Å². The highest BCUT2D eigenvalue weighted by atomic mass is 35.5. The molecule has 13 heavy (non-hydrogen) atoms. The Morgan fingerprint density at radius 2 is 2.31 bits per heavy atom. The van der Waals surface area contributed by atoms with Crippen LogP contribution in [0.4, 0.5) is 8.78 Å². The van der Waals surface area contributed by atoms with Crippen molar-refractivity contribution in [1.29, 1.82) is 0 Å². The quantitative estimate of drug-likeness (QED) is 0.865. The van der Waals surface area contributed by atoms with Gasteiger partial charge in [-0.25, -0.2) is 4.79 Å². The molecule has 7 heteroatoms. The lowest BCUT2D eigenvalue weighted by atomic mass is 10.4. The minimum Gasteiger partial charge on any atom is -0.477 e.